The summed E-state index contributed by atoms with van der Waals surface area (Å²) in [6.45, 7) is 2.41. The zero-order chi connectivity index (χ0) is 17.4. The van der Waals surface area contributed by atoms with E-state index in [-0.39, 0.29) is 19.4 Å². The molecule has 0 saturated carbocycles. The molecule has 2 amide bonds. The molecular weight excluding hydrogens is 320 g/mol. The minimum absolute atomic E-state index is 0.0267. The van der Waals surface area contributed by atoms with Crippen LogP contribution >= 0.6 is 0 Å². The van der Waals surface area contributed by atoms with E-state index in [0.29, 0.717) is 11.5 Å². The Labute approximate surface area is 145 Å². The smallest absolute Gasteiger partial charge is 0.316 e. The first kappa shape index (κ1) is 15.5. The van der Waals surface area contributed by atoms with Crippen molar-refractivity contribution in [1.82, 2.24) is 5.32 Å². The van der Waals surface area contributed by atoms with Gasteiger partial charge in [-0.15, -0.1) is 0 Å². The van der Waals surface area contributed by atoms with Gasteiger partial charge in [0.25, 0.3) is 0 Å². The summed E-state index contributed by atoms with van der Waals surface area (Å²) in [4.78, 5) is 26.5. The van der Waals surface area contributed by atoms with Crippen LogP contribution in [-0.2, 0) is 22.6 Å². The lowest BCUT2D eigenvalue weighted by Crippen LogP contribution is -2.45. The number of fused-ring (bicyclic) bond motifs is 2. The minimum atomic E-state index is -0.610. The van der Waals surface area contributed by atoms with Crippen molar-refractivity contribution in [3.8, 4) is 11.5 Å². The van der Waals surface area contributed by atoms with Gasteiger partial charge in [-0.05, 0) is 42.7 Å². The average Bonchev–Trinajstić information content (AvgIpc) is 3.21. The lowest BCUT2D eigenvalue weighted by molar-refractivity contribution is -0.137. The van der Waals surface area contributed by atoms with E-state index in [1.807, 2.05) is 37.3 Å². The molecule has 25 heavy (non-hydrogen) atoms. The fourth-order valence-electron chi connectivity index (χ4n) is 3.29. The third-order valence-electron chi connectivity index (χ3n) is 4.51. The highest BCUT2D eigenvalue weighted by Gasteiger charge is 2.33. The maximum atomic E-state index is 12.6. The van der Waals surface area contributed by atoms with E-state index < -0.39 is 11.8 Å². The van der Waals surface area contributed by atoms with Gasteiger partial charge in [-0.3, -0.25) is 9.59 Å². The van der Waals surface area contributed by atoms with Crippen molar-refractivity contribution in [2.24, 2.45) is 0 Å². The van der Waals surface area contributed by atoms with Gasteiger partial charge in [-0.1, -0.05) is 24.3 Å². The van der Waals surface area contributed by atoms with Crippen molar-refractivity contribution in [1.29, 1.82) is 0 Å². The topological polar surface area (TPSA) is 67.9 Å². The van der Waals surface area contributed by atoms with Crippen LogP contribution in [0.1, 0.15) is 18.1 Å². The Kier molecular flexibility index (Phi) is 3.80. The fourth-order valence-corrected chi connectivity index (χ4v) is 3.29. The molecule has 0 aromatic heterocycles. The summed E-state index contributed by atoms with van der Waals surface area (Å²) in [5.41, 5.74) is 2.76. The maximum absolute atomic E-state index is 12.6. The summed E-state index contributed by atoms with van der Waals surface area (Å²) in [6.07, 6.45) is 0.761. The van der Waals surface area contributed by atoms with E-state index in [2.05, 4.69) is 5.32 Å². The van der Waals surface area contributed by atoms with Gasteiger partial charge in [0.05, 0.1) is 0 Å². The molecule has 2 aromatic rings. The number of hydrogen-bond acceptors (Lipinski definition) is 4. The highest BCUT2D eigenvalue weighted by molar-refractivity contribution is 6.40. The number of carbonyl (C=O) groups excluding carboxylic acids is 2. The number of anilines is 1. The normalized spacial score (nSPS) is 17.3. The second kappa shape index (κ2) is 6.12. The summed E-state index contributed by atoms with van der Waals surface area (Å²) in [7, 11) is 0. The SMILES string of the molecule is CC1Cc2ccccc2N1C(=O)C(=O)NCc1ccc2c(c1)OCO2. The standard InChI is InChI=1S/C19H18N2O4/c1-12-8-14-4-2-3-5-15(14)21(12)19(23)18(22)20-10-13-6-7-16-17(9-13)25-11-24-16/h2-7,9,12H,8,10-11H2,1H3,(H,20,22). The summed E-state index contributed by atoms with van der Waals surface area (Å²) in [5.74, 6) is 0.202. The molecule has 6 nitrogen and oxygen atoms in total. The van der Waals surface area contributed by atoms with Crippen LogP contribution < -0.4 is 19.7 Å². The molecular formula is C19H18N2O4. The van der Waals surface area contributed by atoms with E-state index in [0.717, 1.165) is 23.2 Å². The Morgan fingerprint density at radius 1 is 1.16 bits per heavy atom. The molecule has 2 aliphatic heterocycles. The first-order valence-electron chi connectivity index (χ1n) is 8.21. The quantitative estimate of drug-likeness (QED) is 0.851. The maximum Gasteiger partial charge on any atom is 0.316 e. The number of amides is 2. The zero-order valence-corrected chi connectivity index (χ0v) is 13.8. The van der Waals surface area contributed by atoms with Crippen molar-refractivity contribution in [2.45, 2.75) is 25.9 Å². The second-order valence-electron chi connectivity index (χ2n) is 6.23. The summed E-state index contributed by atoms with van der Waals surface area (Å²) in [6, 6.07) is 13.1. The zero-order valence-electron chi connectivity index (χ0n) is 13.8. The van der Waals surface area contributed by atoms with E-state index in [4.69, 9.17) is 9.47 Å². The molecule has 4 rings (SSSR count). The van der Waals surface area contributed by atoms with E-state index in [1.165, 1.54) is 0 Å². The number of rotatable bonds is 2. The Morgan fingerprint density at radius 3 is 2.84 bits per heavy atom. The average molecular weight is 338 g/mol. The molecule has 0 radical (unpaired) electrons. The van der Waals surface area contributed by atoms with E-state index >= 15 is 0 Å². The van der Waals surface area contributed by atoms with Crippen LogP contribution in [0, 0.1) is 0 Å². The molecule has 2 aliphatic rings. The number of para-hydroxylation sites is 1. The highest BCUT2D eigenvalue weighted by atomic mass is 16.7. The number of carbonyl (C=O) groups is 2. The number of hydrogen-bond donors (Lipinski definition) is 1. The van der Waals surface area contributed by atoms with Gasteiger partial charge in [0, 0.05) is 18.3 Å². The first-order chi connectivity index (χ1) is 12.1. The van der Waals surface area contributed by atoms with Gasteiger partial charge in [-0.25, -0.2) is 0 Å². The van der Waals surface area contributed by atoms with Gasteiger partial charge in [0.2, 0.25) is 6.79 Å². The molecule has 0 aliphatic carbocycles. The molecule has 1 unspecified atom stereocenters. The largest absolute Gasteiger partial charge is 0.454 e. The van der Waals surface area contributed by atoms with Gasteiger partial charge in [-0.2, -0.15) is 0 Å². The predicted molar refractivity (Wildman–Crippen MR) is 91.5 cm³/mol. The molecule has 6 heteroatoms. The summed E-state index contributed by atoms with van der Waals surface area (Å²) in [5, 5.41) is 2.69. The lowest BCUT2D eigenvalue weighted by atomic mass is 10.1. The molecule has 0 saturated heterocycles. The molecule has 2 aromatic carbocycles. The van der Waals surface area contributed by atoms with Gasteiger partial charge in [0.1, 0.15) is 0 Å². The molecule has 2 heterocycles. The van der Waals surface area contributed by atoms with Crippen LogP contribution in [0.2, 0.25) is 0 Å². The third-order valence-corrected chi connectivity index (χ3v) is 4.51. The van der Waals surface area contributed by atoms with Crippen molar-refractivity contribution in [3.05, 3.63) is 53.6 Å². The molecule has 0 fully saturated rings. The van der Waals surface area contributed by atoms with Gasteiger partial charge >= 0.3 is 11.8 Å². The molecule has 0 bridgehead atoms. The Morgan fingerprint density at radius 2 is 1.96 bits per heavy atom. The molecule has 1 atom stereocenters. The lowest BCUT2D eigenvalue weighted by Gasteiger charge is -2.22. The molecule has 1 N–H and O–H groups in total. The second-order valence-corrected chi connectivity index (χ2v) is 6.23. The van der Waals surface area contributed by atoms with Gasteiger partial charge in [0.15, 0.2) is 11.5 Å². The first-order valence-corrected chi connectivity index (χ1v) is 8.21. The van der Waals surface area contributed by atoms with E-state index in [9.17, 15) is 9.59 Å². The number of ether oxygens (including phenoxy) is 2. The monoisotopic (exact) mass is 338 g/mol. The number of nitrogens with zero attached hydrogens (tertiary/aromatic N) is 1. The van der Waals surface area contributed by atoms with Crippen molar-refractivity contribution < 1.29 is 19.1 Å². The van der Waals surface area contributed by atoms with Crippen LogP contribution in [0.4, 0.5) is 5.69 Å². The third kappa shape index (κ3) is 2.80. The number of nitrogens with one attached hydrogen (secondary N) is 1. The van der Waals surface area contributed by atoms with Crippen LogP contribution in [0.25, 0.3) is 0 Å². The molecule has 128 valence electrons. The summed E-state index contributed by atoms with van der Waals surface area (Å²) < 4.78 is 10.6. The number of benzene rings is 2. The minimum Gasteiger partial charge on any atom is -0.454 e. The summed E-state index contributed by atoms with van der Waals surface area (Å²) >= 11 is 0. The highest BCUT2D eigenvalue weighted by Crippen LogP contribution is 2.33. The Hall–Kier alpha value is -3.02. The van der Waals surface area contributed by atoms with Crippen LogP contribution in [-0.4, -0.2) is 24.6 Å². The predicted octanol–water partition coefficient (Wildman–Crippen LogP) is 2.01. The van der Waals surface area contributed by atoms with Crippen LogP contribution in [0.5, 0.6) is 11.5 Å². The van der Waals surface area contributed by atoms with Crippen molar-refractivity contribution in [2.75, 3.05) is 11.7 Å². The Balaban J connectivity index is 1.44. The molecule has 0 spiro atoms. The van der Waals surface area contributed by atoms with Crippen LogP contribution in [0.3, 0.4) is 0 Å². The van der Waals surface area contributed by atoms with Crippen LogP contribution in [0.15, 0.2) is 42.5 Å². The van der Waals surface area contributed by atoms with Gasteiger partial charge < -0.3 is 19.7 Å². The fraction of sp³-hybridized carbons (Fsp3) is 0.263. The van der Waals surface area contributed by atoms with Crippen molar-refractivity contribution >= 4 is 17.5 Å². The van der Waals surface area contributed by atoms with Crippen molar-refractivity contribution in [3.63, 3.8) is 0 Å². The van der Waals surface area contributed by atoms with E-state index in [1.54, 1.807) is 17.0 Å². The Bertz CT molecular complexity index is 849.